The minimum atomic E-state index is -0.156. The second kappa shape index (κ2) is 8.74. The first-order chi connectivity index (χ1) is 15.9. The largest absolute Gasteiger partial charge is 0.375 e. The number of benzene rings is 1. The summed E-state index contributed by atoms with van der Waals surface area (Å²) in [7, 11) is 0. The highest BCUT2D eigenvalue weighted by Crippen LogP contribution is 2.39. The fraction of sp³-hybridized carbons (Fsp3) is 0.520. The Morgan fingerprint density at radius 3 is 2.73 bits per heavy atom. The van der Waals surface area contributed by atoms with E-state index in [0.29, 0.717) is 30.6 Å². The molecule has 1 N–H and O–H groups in total. The van der Waals surface area contributed by atoms with E-state index in [1.54, 1.807) is 0 Å². The lowest BCUT2D eigenvalue weighted by molar-refractivity contribution is -0.123. The van der Waals surface area contributed by atoms with Crippen molar-refractivity contribution in [2.45, 2.75) is 58.5 Å². The first-order valence-corrected chi connectivity index (χ1v) is 11.8. The van der Waals surface area contributed by atoms with Gasteiger partial charge in [0.25, 0.3) is 5.91 Å². The van der Waals surface area contributed by atoms with Gasteiger partial charge in [-0.3, -0.25) is 9.89 Å². The summed E-state index contributed by atoms with van der Waals surface area (Å²) in [4.78, 5) is 19.4. The lowest BCUT2D eigenvalue weighted by Gasteiger charge is -2.46. The van der Waals surface area contributed by atoms with Crippen LogP contribution in [0.3, 0.4) is 0 Å². The molecule has 3 aromatic rings. The Labute approximate surface area is 193 Å². The summed E-state index contributed by atoms with van der Waals surface area (Å²) in [5, 5.41) is 11.4. The number of hydrogen-bond donors (Lipinski definition) is 1. The monoisotopic (exact) mass is 449 g/mol. The van der Waals surface area contributed by atoms with E-state index >= 15 is 0 Å². The minimum Gasteiger partial charge on any atom is -0.375 e. The van der Waals surface area contributed by atoms with Crippen molar-refractivity contribution in [1.29, 1.82) is 0 Å². The average molecular weight is 450 g/mol. The quantitative estimate of drug-likeness (QED) is 0.646. The van der Waals surface area contributed by atoms with Gasteiger partial charge in [-0.1, -0.05) is 17.3 Å². The molecular weight excluding hydrogens is 418 g/mol. The molecule has 0 aliphatic carbocycles. The molecule has 2 aromatic heterocycles. The van der Waals surface area contributed by atoms with E-state index < -0.39 is 0 Å². The molecule has 0 saturated carbocycles. The van der Waals surface area contributed by atoms with Crippen molar-refractivity contribution < 1.29 is 14.1 Å². The first-order valence-electron chi connectivity index (χ1n) is 11.8. The zero-order valence-corrected chi connectivity index (χ0v) is 19.6. The molecule has 1 aromatic carbocycles. The van der Waals surface area contributed by atoms with Crippen molar-refractivity contribution in [1.82, 2.24) is 25.2 Å². The van der Waals surface area contributed by atoms with Gasteiger partial charge in [0.1, 0.15) is 5.69 Å². The summed E-state index contributed by atoms with van der Waals surface area (Å²) in [6.45, 7) is 8.11. The third-order valence-electron chi connectivity index (χ3n) is 7.21. The van der Waals surface area contributed by atoms with Crippen LogP contribution in [0, 0.1) is 26.7 Å². The Bertz CT molecular complexity index is 1140. The van der Waals surface area contributed by atoms with Crippen LogP contribution in [0.2, 0.25) is 0 Å². The average Bonchev–Trinajstić information content (AvgIpc) is 3.45. The van der Waals surface area contributed by atoms with Crippen LogP contribution in [0.5, 0.6) is 0 Å². The summed E-state index contributed by atoms with van der Waals surface area (Å²) in [6, 6.07) is 8.10. The molecule has 1 spiro atoms. The van der Waals surface area contributed by atoms with Crippen LogP contribution in [0.1, 0.15) is 59.0 Å². The van der Waals surface area contributed by atoms with Crippen LogP contribution < -0.4 is 0 Å². The van der Waals surface area contributed by atoms with Crippen LogP contribution in [-0.2, 0) is 11.2 Å². The highest BCUT2D eigenvalue weighted by Gasteiger charge is 2.41. The number of ether oxygens (including phenoxy) is 1. The zero-order chi connectivity index (χ0) is 23.0. The Morgan fingerprint density at radius 2 is 2.00 bits per heavy atom. The molecule has 8 heteroatoms. The maximum Gasteiger partial charge on any atom is 0.271 e. The third-order valence-corrected chi connectivity index (χ3v) is 7.21. The van der Waals surface area contributed by atoms with Gasteiger partial charge in [-0.2, -0.15) is 10.1 Å². The van der Waals surface area contributed by atoms with Gasteiger partial charge in [0.2, 0.25) is 5.89 Å². The van der Waals surface area contributed by atoms with Gasteiger partial charge in [0.15, 0.2) is 5.82 Å². The highest BCUT2D eigenvalue weighted by molar-refractivity contribution is 5.93. The molecule has 2 fully saturated rings. The number of aromatic amines is 1. The number of H-pyrrole nitrogens is 1. The molecule has 1 atom stereocenters. The summed E-state index contributed by atoms with van der Waals surface area (Å²) < 4.78 is 11.4. The van der Waals surface area contributed by atoms with Crippen molar-refractivity contribution >= 4 is 5.91 Å². The fourth-order valence-electron chi connectivity index (χ4n) is 5.10. The molecule has 5 rings (SSSR count). The Kier molecular flexibility index (Phi) is 5.78. The van der Waals surface area contributed by atoms with E-state index in [2.05, 4.69) is 46.3 Å². The fourth-order valence-corrected chi connectivity index (χ4v) is 5.10. The zero-order valence-electron chi connectivity index (χ0n) is 19.6. The first kappa shape index (κ1) is 21.8. The second-order valence-corrected chi connectivity index (χ2v) is 9.58. The molecule has 1 amide bonds. The number of hydrogen-bond acceptors (Lipinski definition) is 6. The highest BCUT2D eigenvalue weighted by atomic mass is 16.5. The van der Waals surface area contributed by atoms with Gasteiger partial charge >= 0.3 is 0 Å². The Morgan fingerprint density at radius 1 is 1.18 bits per heavy atom. The van der Waals surface area contributed by atoms with E-state index in [4.69, 9.17) is 9.26 Å². The number of amides is 1. The van der Waals surface area contributed by atoms with Crippen LogP contribution in [0.4, 0.5) is 0 Å². The van der Waals surface area contributed by atoms with Gasteiger partial charge in [-0.25, -0.2) is 0 Å². The molecular formula is C25H31N5O3. The second-order valence-electron chi connectivity index (χ2n) is 9.58. The molecule has 2 saturated heterocycles. The van der Waals surface area contributed by atoms with E-state index in [-0.39, 0.29) is 11.5 Å². The Hall–Kier alpha value is -3.00. The molecule has 2 aliphatic rings. The number of aryl methyl sites for hydroxylation is 3. The number of likely N-dealkylation sites (tertiary alicyclic amines) is 1. The predicted molar refractivity (Wildman–Crippen MR) is 123 cm³/mol. The summed E-state index contributed by atoms with van der Waals surface area (Å²) in [5.74, 6) is 1.87. The van der Waals surface area contributed by atoms with Crippen LogP contribution in [-0.4, -0.2) is 56.4 Å². The molecule has 2 aliphatic heterocycles. The van der Waals surface area contributed by atoms with Crippen molar-refractivity contribution in [2.75, 3.05) is 19.7 Å². The molecule has 8 nitrogen and oxygen atoms in total. The molecule has 174 valence electrons. The topological polar surface area (TPSA) is 97.1 Å². The van der Waals surface area contributed by atoms with Crippen LogP contribution >= 0.6 is 0 Å². The maximum atomic E-state index is 13.1. The van der Waals surface area contributed by atoms with Crippen LogP contribution in [0.15, 0.2) is 28.8 Å². The summed E-state index contributed by atoms with van der Waals surface area (Å²) in [6.07, 6.45) is 4.49. The van der Waals surface area contributed by atoms with Crippen molar-refractivity contribution in [3.63, 3.8) is 0 Å². The predicted octanol–water partition coefficient (Wildman–Crippen LogP) is 4.03. The summed E-state index contributed by atoms with van der Waals surface area (Å²) in [5.41, 5.74) is 4.65. The van der Waals surface area contributed by atoms with Gasteiger partial charge in [-0.15, -0.1) is 0 Å². The van der Waals surface area contributed by atoms with Gasteiger partial charge in [0.05, 0.1) is 11.3 Å². The number of piperidine rings is 1. The smallest absolute Gasteiger partial charge is 0.271 e. The molecule has 1 unspecified atom stereocenters. The molecule has 4 heterocycles. The SMILES string of the molecule is Cc1nc(CC2CCOC3(CCN(C(=O)c4cc(-c5ccc(C)c(C)c5)n[nH]4)CC3)C2)no1. The van der Waals surface area contributed by atoms with E-state index in [0.717, 1.165) is 55.8 Å². The number of nitrogens with zero attached hydrogens (tertiary/aromatic N) is 4. The normalized spacial score (nSPS) is 20.3. The van der Waals surface area contributed by atoms with Gasteiger partial charge in [0, 0.05) is 38.6 Å². The number of aromatic nitrogens is 4. The van der Waals surface area contributed by atoms with E-state index in [9.17, 15) is 4.79 Å². The maximum absolute atomic E-state index is 13.1. The standard InChI is InChI=1S/C25H31N5O3/c1-16-4-5-20(12-17(16)2)21-14-22(28-27-21)24(31)30-9-7-25(8-10-30)15-19(6-11-32-25)13-23-26-18(3)33-29-23/h4-5,12,14,19H,6-11,13,15H2,1-3H3,(H,27,28). The van der Waals surface area contributed by atoms with Gasteiger partial charge < -0.3 is 14.2 Å². The van der Waals surface area contributed by atoms with Crippen LogP contribution in [0.25, 0.3) is 11.3 Å². The van der Waals surface area contributed by atoms with Crippen molar-refractivity contribution in [2.24, 2.45) is 5.92 Å². The molecule has 0 bridgehead atoms. The number of nitrogens with one attached hydrogen (secondary N) is 1. The van der Waals surface area contributed by atoms with E-state index in [1.165, 1.54) is 11.1 Å². The number of carbonyl (C=O) groups excluding carboxylic acids is 1. The van der Waals surface area contributed by atoms with Crippen molar-refractivity contribution in [3.8, 4) is 11.3 Å². The van der Waals surface area contributed by atoms with E-state index in [1.807, 2.05) is 24.0 Å². The lowest BCUT2D eigenvalue weighted by atomic mass is 9.78. The summed E-state index contributed by atoms with van der Waals surface area (Å²) >= 11 is 0. The lowest BCUT2D eigenvalue weighted by Crippen LogP contribution is -2.51. The minimum absolute atomic E-state index is 0.00191. The number of rotatable bonds is 4. The molecule has 33 heavy (non-hydrogen) atoms. The number of carbonyl (C=O) groups is 1. The van der Waals surface area contributed by atoms with Gasteiger partial charge in [-0.05, 0) is 68.7 Å². The Balaban J connectivity index is 1.20. The molecule has 0 radical (unpaired) electrons. The third kappa shape index (κ3) is 4.57. The van der Waals surface area contributed by atoms with Crippen molar-refractivity contribution in [3.05, 3.63) is 52.8 Å².